The van der Waals surface area contributed by atoms with E-state index in [4.69, 9.17) is 22.1 Å². The lowest BCUT2D eigenvalue weighted by atomic mass is 10.1. The van der Waals surface area contributed by atoms with Crippen LogP contribution in [-0.2, 0) is 11.3 Å². The molecular weight excluding hydrogens is 255 g/mol. The van der Waals surface area contributed by atoms with Gasteiger partial charge in [0.05, 0.1) is 19.1 Å². The van der Waals surface area contributed by atoms with E-state index in [2.05, 4.69) is 0 Å². The number of hydrogen-bond acceptors (Lipinski definition) is 2. The third-order valence-corrected chi connectivity index (χ3v) is 2.46. The fourth-order valence-electron chi connectivity index (χ4n) is 1.24. The van der Waals surface area contributed by atoms with Crippen molar-refractivity contribution >= 4 is 11.6 Å². The average Bonchev–Trinajstić information content (AvgIpc) is 2.22. The van der Waals surface area contributed by atoms with Crippen LogP contribution in [0, 0.1) is 5.92 Å². The summed E-state index contributed by atoms with van der Waals surface area (Å²) in [4.78, 5) is 0. The van der Waals surface area contributed by atoms with E-state index in [1.165, 1.54) is 0 Å². The molecule has 0 saturated heterocycles. The van der Waals surface area contributed by atoms with E-state index >= 15 is 0 Å². The SMILES string of the molecule is NCC(COCc1cccc(Cl)c1)C(F)(F)F. The van der Waals surface area contributed by atoms with Crippen LogP contribution in [0.1, 0.15) is 5.56 Å². The molecule has 0 saturated carbocycles. The molecule has 1 aromatic carbocycles. The molecule has 1 aromatic rings. The summed E-state index contributed by atoms with van der Waals surface area (Å²) in [5.74, 6) is -1.62. The second kappa shape index (κ2) is 6.23. The topological polar surface area (TPSA) is 35.2 Å². The minimum absolute atomic E-state index is 0.0904. The van der Waals surface area contributed by atoms with Crippen molar-refractivity contribution in [1.29, 1.82) is 0 Å². The summed E-state index contributed by atoms with van der Waals surface area (Å²) in [7, 11) is 0. The molecule has 0 amide bonds. The van der Waals surface area contributed by atoms with Crippen LogP contribution < -0.4 is 5.73 Å². The van der Waals surface area contributed by atoms with Gasteiger partial charge in [-0.3, -0.25) is 0 Å². The Bertz CT molecular complexity index is 357. The Kier molecular flexibility index (Phi) is 5.24. The molecule has 0 fully saturated rings. The van der Waals surface area contributed by atoms with Crippen LogP contribution in [-0.4, -0.2) is 19.3 Å². The average molecular weight is 268 g/mol. The summed E-state index contributed by atoms with van der Waals surface area (Å²) < 4.78 is 42.0. The smallest absolute Gasteiger partial charge is 0.376 e. The van der Waals surface area contributed by atoms with Crippen molar-refractivity contribution in [1.82, 2.24) is 0 Å². The highest BCUT2D eigenvalue weighted by Crippen LogP contribution is 2.25. The lowest BCUT2D eigenvalue weighted by Gasteiger charge is -2.18. The zero-order valence-corrected chi connectivity index (χ0v) is 9.76. The maximum Gasteiger partial charge on any atom is 0.395 e. The molecule has 0 aliphatic rings. The fourth-order valence-corrected chi connectivity index (χ4v) is 1.45. The van der Waals surface area contributed by atoms with E-state index in [-0.39, 0.29) is 6.61 Å². The van der Waals surface area contributed by atoms with Crippen LogP contribution in [0.5, 0.6) is 0 Å². The Balaban J connectivity index is 2.42. The minimum Gasteiger partial charge on any atom is -0.376 e. The highest BCUT2D eigenvalue weighted by molar-refractivity contribution is 6.30. The van der Waals surface area contributed by atoms with Crippen molar-refractivity contribution in [3.05, 3.63) is 34.9 Å². The van der Waals surface area contributed by atoms with Gasteiger partial charge in [0.1, 0.15) is 0 Å². The van der Waals surface area contributed by atoms with Crippen molar-refractivity contribution < 1.29 is 17.9 Å². The van der Waals surface area contributed by atoms with Gasteiger partial charge in [-0.2, -0.15) is 13.2 Å². The lowest BCUT2D eigenvalue weighted by molar-refractivity contribution is -0.186. The number of halogens is 4. The Hall–Kier alpha value is -0.780. The van der Waals surface area contributed by atoms with Gasteiger partial charge in [0.15, 0.2) is 0 Å². The van der Waals surface area contributed by atoms with Gasteiger partial charge in [0, 0.05) is 11.6 Å². The highest BCUT2D eigenvalue weighted by atomic mass is 35.5. The first kappa shape index (κ1) is 14.3. The summed E-state index contributed by atoms with van der Waals surface area (Å²) in [5.41, 5.74) is 5.77. The highest BCUT2D eigenvalue weighted by Gasteiger charge is 2.38. The van der Waals surface area contributed by atoms with Crippen LogP contribution >= 0.6 is 11.6 Å². The third-order valence-electron chi connectivity index (χ3n) is 2.22. The Morgan fingerprint density at radius 1 is 1.35 bits per heavy atom. The predicted octanol–water partition coefficient (Wildman–Crippen LogP) is 2.99. The monoisotopic (exact) mass is 267 g/mol. The summed E-state index contributed by atoms with van der Waals surface area (Å²) in [6.45, 7) is -0.821. The number of rotatable bonds is 5. The Morgan fingerprint density at radius 2 is 2.06 bits per heavy atom. The van der Waals surface area contributed by atoms with Gasteiger partial charge < -0.3 is 10.5 Å². The minimum atomic E-state index is -4.32. The van der Waals surface area contributed by atoms with Crippen LogP contribution in [0.25, 0.3) is 0 Å². The number of alkyl halides is 3. The van der Waals surface area contributed by atoms with Crippen molar-refractivity contribution in [2.24, 2.45) is 11.7 Å². The molecule has 96 valence electrons. The molecule has 2 nitrogen and oxygen atoms in total. The molecule has 1 atom stereocenters. The van der Waals surface area contributed by atoms with Gasteiger partial charge >= 0.3 is 6.18 Å². The van der Waals surface area contributed by atoms with Gasteiger partial charge in [-0.15, -0.1) is 0 Å². The first-order valence-corrected chi connectivity index (χ1v) is 5.40. The van der Waals surface area contributed by atoms with Crippen molar-refractivity contribution in [2.75, 3.05) is 13.2 Å². The molecule has 0 aromatic heterocycles. The van der Waals surface area contributed by atoms with E-state index in [9.17, 15) is 13.2 Å². The standard InChI is InChI=1S/C11H13ClF3NO/c12-10-3-1-2-8(4-10)6-17-7-9(5-16)11(13,14)15/h1-4,9H,5-7,16H2. The number of nitrogens with two attached hydrogens (primary N) is 1. The summed E-state index contributed by atoms with van der Waals surface area (Å²) in [5, 5.41) is 0.525. The first-order valence-electron chi connectivity index (χ1n) is 5.02. The fraction of sp³-hybridized carbons (Fsp3) is 0.455. The van der Waals surface area contributed by atoms with Crippen molar-refractivity contribution in [2.45, 2.75) is 12.8 Å². The zero-order valence-electron chi connectivity index (χ0n) is 9.01. The maximum absolute atomic E-state index is 12.3. The molecule has 0 heterocycles. The predicted molar refractivity (Wildman–Crippen MR) is 59.7 cm³/mol. The van der Waals surface area contributed by atoms with Gasteiger partial charge in [-0.25, -0.2) is 0 Å². The largest absolute Gasteiger partial charge is 0.395 e. The molecule has 0 aliphatic heterocycles. The van der Waals surface area contributed by atoms with Crippen LogP contribution in [0.4, 0.5) is 13.2 Å². The number of benzene rings is 1. The molecule has 1 rings (SSSR count). The molecule has 1 unspecified atom stereocenters. The van der Waals surface area contributed by atoms with E-state index < -0.39 is 25.2 Å². The first-order chi connectivity index (χ1) is 7.93. The van der Waals surface area contributed by atoms with Gasteiger partial charge in [0.25, 0.3) is 0 Å². The number of hydrogen-bond donors (Lipinski definition) is 1. The van der Waals surface area contributed by atoms with Crippen molar-refractivity contribution in [3.63, 3.8) is 0 Å². The summed E-state index contributed by atoms with van der Waals surface area (Å²) in [6.07, 6.45) is -4.32. The normalized spacial score (nSPS) is 13.7. The number of ether oxygens (including phenoxy) is 1. The Morgan fingerprint density at radius 3 is 2.59 bits per heavy atom. The van der Waals surface area contributed by atoms with E-state index in [0.29, 0.717) is 5.02 Å². The second-order valence-corrected chi connectivity index (χ2v) is 4.06. The molecular formula is C11H13ClF3NO. The van der Waals surface area contributed by atoms with Crippen LogP contribution in [0.2, 0.25) is 5.02 Å². The molecule has 0 aliphatic carbocycles. The lowest BCUT2D eigenvalue weighted by Crippen LogP contribution is -2.33. The van der Waals surface area contributed by atoms with Crippen LogP contribution in [0.15, 0.2) is 24.3 Å². The second-order valence-electron chi connectivity index (χ2n) is 3.62. The van der Waals surface area contributed by atoms with Crippen LogP contribution in [0.3, 0.4) is 0 Å². The zero-order chi connectivity index (χ0) is 12.9. The molecule has 2 N–H and O–H groups in total. The van der Waals surface area contributed by atoms with Gasteiger partial charge in [-0.05, 0) is 17.7 Å². The molecule has 0 spiro atoms. The quantitative estimate of drug-likeness (QED) is 0.890. The van der Waals surface area contributed by atoms with Gasteiger partial charge in [-0.1, -0.05) is 23.7 Å². The molecule has 17 heavy (non-hydrogen) atoms. The molecule has 6 heteroatoms. The maximum atomic E-state index is 12.3. The summed E-state index contributed by atoms with van der Waals surface area (Å²) in [6, 6.07) is 6.78. The van der Waals surface area contributed by atoms with Gasteiger partial charge in [0.2, 0.25) is 0 Å². The summed E-state index contributed by atoms with van der Waals surface area (Å²) >= 11 is 5.73. The van der Waals surface area contributed by atoms with E-state index in [1.807, 2.05) is 0 Å². The Labute approximate surface area is 103 Å². The van der Waals surface area contributed by atoms with E-state index in [1.54, 1.807) is 24.3 Å². The molecule has 0 bridgehead atoms. The van der Waals surface area contributed by atoms with E-state index in [0.717, 1.165) is 5.56 Å². The molecule has 0 radical (unpaired) electrons. The third kappa shape index (κ3) is 4.93. The van der Waals surface area contributed by atoms with Crippen molar-refractivity contribution in [3.8, 4) is 0 Å².